The summed E-state index contributed by atoms with van der Waals surface area (Å²) in [4.78, 5) is 31.5. The van der Waals surface area contributed by atoms with E-state index in [0.717, 1.165) is 5.56 Å². The number of Topliss-reactive ketones (excluding diaryl/α,β-unsaturated/α-hetero) is 1. The number of ketones is 1. The Morgan fingerprint density at radius 2 is 1.83 bits per heavy atom. The van der Waals surface area contributed by atoms with Gasteiger partial charge in [-0.2, -0.15) is 0 Å². The second kappa shape index (κ2) is 7.53. The molecule has 2 aromatic carbocycles. The lowest BCUT2D eigenvalue weighted by Gasteiger charge is -2.25. The minimum atomic E-state index is -0.791. The maximum atomic E-state index is 13.0. The van der Waals surface area contributed by atoms with Gasteiger partial charge in [-0.1, -0.05) is 29.8 Å². The van der Waals surface area contributed by atoms with Gasteiger partial charge < -0.3 is 5.11 Å². The van der Waals surface area contributed by atoms with Crippen molar-refractivity contribution in [3.8, 4) is 0 Å². The highest BCUT2D eigenvalue weighted by molar-refractivity contribution is 6.51. The van der Waals surface area contributed by atoms with Crippen LogP contribution >= 0.6 is 11.6 Å². The number of aromatic nitrogens is 1. The Balaban J connectivity index is 1.94. The molecule has 0 bridgehead atoms. The summed E-state index contributed by atoms with van der Waals surface area (Å²) < 4.78 is 0. The van der Waals surface area contributed by atoms with E-state index in [4.69, 9.17) is 11.6 Å². The first-order valence-electron chi connectivity index (χ1n) is 9.01. The number of rotatable bonds is 3. The quantitative estimate of drug-likeness (QED) is 0.391. The number of nitrogens with zero attached hydrogens (tertiary/aromatic N) is 2. The fraction of sp³-hybridized carbons (Fsp3) is 0.0870. The molecule has 144 valence electrons. The van der Waals surface area contributed by atoms with Crippen LogP contribution in [0.3, 0.4) is 0 Å². The zero-order valence-corrected chi connectivity index (χ0v) is 16.3. The van der Waals surface area contributed by atoms with E-state index in [1.807, 2.05) is 25.1 Å². The van der Waals surface area contributed by atoms with Crippen LogP contribution in [0, 0.1) is 6.92 Å². The molecule has 1 amide bonds. The molecule has 1 saturated heterocycles. The second-order valence-corrected chi connectivity index (χ2v) is 7.24. The molecule has 1 aliphatic heterocycles. The number of aryl methyl sites for hydroxylation is 1. The molecule has 5 nitrogen and oxygen atoms in total. The minimum Gasteiger partial charge on any atom is -0.507 e. The molecule has 1 fully saturated rings. The predicted octanol–water partition coefficient (Wildman–Crippen LogP) is 4.67. The molecular weight excluding hydrogens is 388 g/mol. The van der Waals surface area contributed by atoms with Crippen molar-refractivity contribution in [2.75, 3.05) is 4.90 Å². The molecule has 1 aromatic heterocycles. The summed E-state index contributed by atoms with van der Waals surface area (Å²) in [6.45, 7) is 1.91. The number of pyridine rings is 1. The Morgan fingerprint density at radius 3 is 2.48 bits per heavy atom. The van der Waals surface area contributed by atoms with Crippen LogP contribution in [0.1, 0.15) is 22.7 Å². The van der Waals surface area contributed by atoms with E-state index in [9.17, 15) is 14.7 Å². The third-order valence-electron chi connectivity index (χ3n) is 4.84. The van der Waals surface area contributed by atoms with Crippen molar-refractivity contribution in [3.05, 3.63) is 100 Å². The number of carbonyl (C=O) groups excluding carboxylic acids is 2. The number of anilines is 1. The number of benzene rings is 2. The van der Waals surface area contributed by atoms with Crippen molar-refractivity contribution < 1.29 is 14.7 Å². The van der Waals surface area contributed by atoms with Crippen LogP contribution < -0.4 is 4.90 Å². The molecule has 1 atom stereocenters. The zero-order valence-electron chi connectivity index (χ0n) is 15.5. The number of amides is 1. The first-order valence-corrected chi connectivity index (χ1v) is 9.38. The fourth-order valence-electron chi connectivity index (χ4n) is 3.49. The van der Waals surface area contributed by atoms with Crippen LogP contribution in [0.15, 0.2) is 78.6 Å². The molecule has 0 aliphatic carbocycles. The monoisotopic (exact) mass is 404 g/mol. The molecular formula is C23H17ClN2O3. The molecule has 1 unspecified atom stereocenters. The number of carbonyl (C=O) groups is 2. The normalized spacial score (nSPS) is 18.3. The first kappa shape index (κ1) is 18.9. The Hall–Kier alpha value is -3.44. The highest BCUT2D eigenvalue weighted by Gasteiger charge is 2.47. The van der Waals surface area contributed by atoms with E-state index in [-0.39, 0.29) is 11.3 Å². The summed E-state index contributed by atoms with van der Waals surface area (Å²) in [7, 11) is 0. The Morgan fingerprint density at radius 1 is 1.07 bits per heavy atom. The summed E-state index contributed by atoms with van der Waals surface area (Å²) in [6, 6.07) is 16.5. The van der Waals surface area contributed by atoms with Gasteiger partial charge in [0.05, 0.1) is 11.6 Å². The minimum absolute atomic E-state index is 0.0202. The van der Waals surface area contributed by atoms with Crippen LogP contribution in [0.2, 0.25) is 5.02 Å². The lowest BCUT2D eigenvalue weighted by atomic mass is 9.96. The molecule has 4 rings (SSSR count). The molecule has 2 heterocycles. The van der Waals surface area contributed by atoms with Crippen LogP contribution in [0.5, 0.6) is 0 Å². The van der Waals surface area contributed by atoms with Gasteiger partial charge in [-0.25, -0.2) is 0 Å². The molecule has 1 N–H and O–H groups in total. The predicted molar refractivity (Wildman–Crippen MR) is 112 cm³/mol. The second-order valence-electron chi connectivity index (χ2n) is 6.80. The van der Waals surface area contributed by atoms with E-state index >= 15 is 0 Å². The molecule has 0 radical (unpaired) electrons. The van der Waals surface area contributed by atoms with Gasteiger partial charge in [0.15, 0.2) is 0 Å². The molecule has 29 heavy (non-hydrogen) atoms. The standard InChI is InChI=1S/C23H17ClN2O3/c1-14-4-2-6-18(12-14)26-20(16-5-3-11-25-13-16)19(22(28)23(26)29)21(27)15-7-9-17(24)10-8-15/h2-13,20,27H,1H3/b21-19+. The van der Waals surface area contributed by atoms with Crippen molar-refractivity contribution in [1.29, 1.82) is 0 Å². The van der Waals surface area contributed by atoms with Crippen molar-refractivity contribution in [2.24, 2.45) is 0 Å². The average Bonchev–Trinajstić information content (AvgIpc) is 2.99. The summed E-state index contributed by atoms with van der Waals surface area (Å²) in [5, 5.41) is 11.5. The van der Waals surface area contributed by atoms with Crippen LogP contribution in [-0.2, 0) is 9.59 Å². The topological polar surface area (TPSA) is 70.5 Å². The highest BCUT2D eigenvalue weighted by atomic mass is 35.5. The Bertz CT molecular complexity index is 1120. The summed E-state index contributed by atoms with van der Waals surface area (Å²) in [5.74, 6) is -1.68. The number of hydrogen-bond donors (Lipinski definition) is 1. The summed E-state index contributed by atoms with van der Waals surface area (Å²) in [6.07, 6.45) is 3.20. The van der Waals surface area contributed by atoms with E-state index in [1.54, 1.807) is 54.9 Å². The first-order chi connectivity index (χ1) is 14.0. The number of hydrogen-bond acceptors (Lipinski definition) is 4. The molecule has 0 spiro atoms. The summed E-state index contributed by atoms with van der Waals surface area (Å²) in [5.41, 5.74) is 2.59. The van der Waals surface area contributed by atoms with Crippen molar-refractivity contribution in [1.82, 2.24) is 4.98 Å². The number of aliphatic hydroxyl groups is 1. The van der Waals surface area contributed by atoms with Gasteiger partial charge >= 0.3 is 0 Å². The Kier molecular flexibility index (Phi) is 4.91. The largest absolute Gasteiger partial charge is 0.507 e. The van der Waals surface area contributed by atoms with Crippen LogP contribution in [0.25, 0.3) is 5.76 Å². The average molecular weight is 405 g/mol. The maximum Gasteiger partial charge on any atom is 0.300 e. The maximum absolute atomic E-state index is 13.0. The third-order valence-corrected chi connectivity index (χ3v) is 5.09. The zero-order chi connectivity index (χ0) is 20.5. The summed E-state index contributed by atoms with van der Waals surface area (Å²) >= 11 is 5.94. The van der Waals surface area contributed by atoms with Gasteiger partial charge in [0, 0.05) is 28.7 Å². The van der Waals surface area contributed by atoms with E-state index in [1.165, 1.54) is 4.90 Å². The van der Waals surface area contributed by atoms with Crippen molar-refractivity contribution in [2.45, 2.75) is 13.0 Å². The van der Waals surface area contributed by atoms with Gasteiger partial charge in [-0.3, -0.25) is 19.5 Å². The van der Waals surface area contributed by atoms with Crippen molar-refractivity contribution in [3.63, 3.8) is 0 Å². The molecule has 3 aromatic rings. The van der Waals surface area contributed by atoms with Gasteiger partial charge in [-0.05, 0) is 60.5 Å². The van der Waals surface area contributed by atoms with E-state index < -0.39 is 17.7 Å². The number of aliphatic hydroxyl groups excluding tert-OH is 1. The molecule has 1 aliphatic rings. The van der Waals surface area contributed by atoms with E-state index in [2.05, 4.69) is 4.98 Å². The van der Waals surface area contributed by atoms with Gasteiger partial charge in [0.1, 0.15) is 5.76 Å². The highest BCUT2D eigenvalue weighted by Crippen LogP contribution is 2.42. The lowest BCUT2D eigenvalue weighted by Crippen LogP contribution is -2.29. The molecule has 6 heteroatoms. The lowest BCUT2D eigenvalue weighted by molar-refractivity contribution is -0.132. The fourth-order valence-corrected chi connectivity index (χ4v) is 3.62. The number of halogens is 1. The smallest absolute Gasteiger partial charge is 0.300 e. The Labute approximate surface area is 172 Å². The van der Waals surface area contributed by atoms with Crippen LogP contribution in [0.4, 0.5) is 5.69 Å². The van der Waals surface area contributed by atoms with Gasteiger partial charge in [0.25, 0.3) is 11.7 Å². The van der Waals surface area contributed by atoms with E-state index in [0.29, 0.717) is 21.8 Å². The SMILES string of the molecule is Cc1cccc(N2C(=O)C(=O)/C(=C(/O)c3ccc(Cl)cc3)C2c2cccnc2)c1. The van der Waals surface area contributed by atoms with Gasteiger partial charge in [-0.15, -0.1) is 0 Å². The van der Waals surface area contributed by atoms with Crippen molar-refractivity contribution >= 4 is 34.7 Å². The van der Waals surface area contributed by atoms with Gasteiger partial charge in [0.2, 0.25) is 0 Å². The third kappa shape index (κ3) is 3.41. The van der Waals surface area contributed by atoms with Crippen LogP contribution in [-0.4, -0.2) is 21.8 Å². The molecule has 0 saturated carbocycles.